The van der Waals surface area contributed by atoms with Crippen LogP contribution in [0.2, 0.25) is 25.2 Å². The maximum atomic E-state index is 11.6. The van der Waals surface area contributed by atoms with E-state index in [1.54, 1.807) is 6.92 Å². The molecule has 1 atom stereocenters. The van der Waals surface area contributed by atoms with E-state index in [0.717, 1.165) is 6.42 Å². The lowest BCUT2D eigenvalue weighted by Crippen LogP contribution is -2.34. The largest absolute Gasteiger partial charge is 0.300 e. The zero-order valence-electron chi connectivity index (χ0n) is 10.1. The first-order chi connectivity index (χ1) is 6.91. The van der Waals surface area contributed by atoms with Crippen LogP contribution in [0.5, 0.6) is 0 Å². The van der Waals surface area contributed by atoms with Crippen LogP contribution in [0.25, 0.3) is 0 Å². The maximum Gasteiger partial charge on any atom is 0.130 e. The number of ketones is 1. The average molecular weight is 220 g/mol. The highest BCUT2D eigenvalue weighted by molar-refractivity contribution is 6.80. The van der Waals surface area contributed by atoms with Crippen molar-refractivity contribution in [2.75, 3.05) is 0 Å². The van der Waals surface area contributed by atoms with Crippen LogP contribution in [0.4, 0.5) is 0 Å². The Morgan fingerprint density at radius 3 is 2.13 bits per heavy atom. The van der Waals surface area contributed by atoms with Crippen LogP contribution in [0.3, 0.4) is 0 Å². The molecule has 0 aromatic heterocycles. The second kappa shape index (κ2) is 4.75. The number of carbonyl (C=O) groups is 1. The summed E-state index contributed by atoms with van der Waals surface area (Å²) in [5, 5.41) is 0. The molecular weight excluding hydrogens is 200 g/mol. The van der Waals surface area contributed by atoms with E-state index in [9.17, 15) is 4.79 Å². The summed E-state index contributed by atoms with van der Waals surface area (Å²) in [6.07, 6.45) is 0.909. The monoisotopic (exact) mass is 220 g/mol. The summed E-state index contributed by atoms with van der Waals surface area (Å²) in [6, 6.07) is 10.3. The van der Waals surface area contributed by atoms with Gasteiger partial charge in [0, 0.05) is 5.54 Å². The highest BCUT2D eigenvalue weighted by Crippen LogP contribution is 2.26. The van der Waals surface area contributed by atoms with E-state index < -0.39 is 8.07 Å². The minimum absolute atomic E-state index is 0.250. The molecule has 0 fully saturated rings. The molecule has 0 N–H and O–H groups in total. The van der Waals surface area contributed by atoms with E-state index in [-0.39, 0.29) is 5.54 Å². The minimum Gasteiger partial charge on any atom is -0.300 e. The SMILES string of the molecule is CC(=O)[C@H](Cc1ccccc1)[Si](C)(C)C. The minimum atomic E-state index is -1.38. The van der Waals surface area contributed by atoms with Crippen molar-refractivity contribution in [3.8, 4) is 0 Å². The predicted molar refractivity (Wildman–Crippen MR) is 67.9 cm³/mol. The van der Waals surface area contributed by atoms with Gasteiger partial charge in [-0.05, 0) is 18.9 Å². The average Bonchev–Trinajstić information content (AvgIpc) is 2.13. The first-order valence-electron chi connectivity index (χ1n) is 5.45. The van der Waals surface area contributed by atoms with Gasteiger partial charge in [0.05, 0.1) is 8.07 Å². The van der Waals surface area contributed by atoms with Gasteiger partial charge in [-0.15, -0.1) is 0 Å². The number of carbonyl (C=O) groups excluding carboxylic acids is 1. The summed E-state index contributed by atoms with van der Waals surface area (Å²) in [6.45, 7) is 8.53. The Bertz CT molecular complexity index is 324. The Hall–Kier alpha value is -0.893. The molecule has 1 nitrogen and oxygen atoms in total. The highest BCUT2D eigenvalue weighted by atomic mass is 28.3. The molecule has 0 aliphatic rings. The van der Waals surface area contributed by atoms with Gasteiger partial charge in [-0.1, -0.05) is 50.0 Å². The van der Waals surface area contributed by atoms with E-state index in [1.807, 2.05) is 18.2 Å². The molecule has 1 rings (SSSR count). The lowest BCUT2D eigenvalue weighted by molar-refractivity contribution is -0.117. The Labute approximate surface area is 93.5 Å². The molecule has 0 heterocycles. The van der Waals surface area contributed by atoms with E-state index in [4.69, 9.17) is 0 Å². The first kappa shape index (κ1) is 12.2. The van der Waals surface area contributed by atoms with E-state index in [0.29, 0.717) is 5.78 Å². The van der Waals surface area contributed by atoms with Crippen LogP contribution in [-0.4, -0.2) is 13.9 Å². The van der Waals surface area contributed by atoms with Crippen LogP contribution >= 0.6 is 0 Å². The molecule has 1 aromatic rings. The molecule has 0 spiro atoms. The fourth-order valence-corrected chi connectivity index (χ4v) is 3.98. The van der Waals surface area contributed by atoms with Crippen molar-refractivity contribution < 1.29 is 4.79 Å². The summed E-state index contributed by atoms with van der Waals surface area (Å²) < 4.78 is 0. The molecule has 15 heavy (non-hydrogen) atoms. The van der Waals surface area contributed by atoms with Crippen molar-refractivity contribution in [3.63, 3.8) is 0 Å². The van der Waals surface area contributed by atoms with Crippen molar-refractivity contribution in [2.24, 2.45) is 0 Å². The van der Waals surface area contributed by atoms with Crippen molar-refractivity contribution in [1.29, 1.82) is 0 Å². The molecule has 0 amide bonds. The van der Waals surface area contributed by atoms with Gasteiger partial charge in [0.1, 0.15) is 5.78 Å². The van der Waals surface area contributed by atoms with E-state index in [2.05, 4.69) is 31.8 Å². The molecule has 0 aliphatic carbocycles. The zero-order chi connectivity index (χ0) is 11.5. The standard InChI is InChI=1S/C13H20OSi/c1-11(14)13(15(2,3)4)10-12-8-6-5-7-9-12/h5-9,13H,10H2,1-4H3/t13-/m0/s1. The third kappa shape index (κ3) is 3.63. The molecular formula is C13H20OSi. The van der Waals surface area contributed by atoms with Gasteiger partial charge < -0.3 is 4.79 Å². The number of rotatable bonds is 4. The molecule has 82 valence electrons. The molecule has 0 unspecified atom stereocenters. The van der Waals surface area contributed by atoms with Gasteiger partial charge in [-0.3, -0.25) is 0 Å². The van der Waals surface area contributed by atoms with Gasteiger partial charge >= 0.3 is 0 Å². The summed E-state index contributed by atoms with van der Waals surface area (Å²) in [5.41, 5.74) is 1.53. The van der Waals surface area contributed by atoms with Gasteiger partial charge in [0.2, 0.25) is 0 Å². The van der Waals surface area contributed by atoms with Gasteiger partial charge in [0.15, 0.2) is 0 Å². The Balaban J connectivity index is 2.82. The fraction of sp³-hybridized carbons (Fsp3) is 0.462. The van der Waals surface area contributed by atoms with Crippen LogP contribution in [0.15, 0.2) is 30.3 Å². The fourth-order valence-electron chi connectivity index (χ4n) is 1.91. The molecule has 1 aromatic carbocycles. The third-order valence-electron chi connectivity index (χ3n) is 2.82. The number of hydrogen-bond acceptors (Lipinski definition) is 1. The van der Waals surface area contributed by atoms with Crippen LogP contribution < -0.4 is 0 Å². The topological polar surface area (TPSA) is 17.1 Å². The normalized spacial score (nSPS) is 13.6. The van der Waals surface area contributed by atoms with Crippen molar-refractivity contribution >= 4 is 13.9 Å². The van der Waals surface area contributed by atoms with Gasteiger partial charge in [-0.2, -0.15) is 0 Å². The zero-order valence-corrected chi connectivity index (χ0v) is 11.1. The second-order valence-electron chi connectivity index (χ2n) is 5.22. The number of hydrogen-bond donors (Lipinski definition) is 0. The first-order valence-corrected chi connectivity index (χ1v) is 9.03. The van der Waals surface area contributed by atoms with Crippen molar-refractivity contribution in [3.05, 3.63) is 35.9 Å². The van der Waals surface area contributed by atoms with E-state index in [1.165, 1.54) is 5.56 Å². The van der Waals surface area contributed by atoms with Crippen molar-refractivity contribution in [2.45, 2.75) is 38.5 Å². The van der Waals surface area contributed by atoms with Crippen molar-refractivity contribution in [1.82, 2.24) is 0 Å². The summed E-state index contributed by atoms with van der Waals surface area (Å²) >= 11 is 0. The molecule has 0 saturated heterocycles. The predicted octanol–water partition coefficient (Wildman–Crippen LogP) is 3.53. The van der Waals surface area contributed by atoms with E-state index >= 15 is 0 Å². The summed E-state index contributed by atoms with van der Waals surface area (Å²) in [7, 11) is -1.38. The van der Waals surface area contributed by atoms with Gasteiger partial charge in [0.25, 0.3) is 0 Å². The summed E-state index contributed by atoms with van der Waals surface area (Å²) in [5.74, 6) is 0.345. The Morgan fingerprint density at radius 2 is 1.73 bits per heavy atom. The number of Topliss-reactive ketones (excluding diaryl/α,β-unsaturated/α-hetero) is 1. The lowest BCUT2D eigenvalue weighted by Gasteiger charge is -2.26. The highest BCUT2D eigenvalue weighted by Gasteiger charge is 2.30. The summed E-state index contributed by atoms with van der Waals surface area (Å²) in [4.78, 5) is 11.6. The smallest absolute Gasteiger partial charge is 0.130 e. The second-order valence-corrected chi connectivity index (χ2v) is 10.6. The molecule has 0 saturated carbocycles. The van der Waals surface area contributed by atoms with Crippen LogP contribution in [0, 0.1) is 0 Å². The van der Waals surface area contributed by atoms with Crippen LogP contribution in [-0.2, 0) is 11.2 Å². The molecule has 0 bridgehead atoms. The third-order valence-corrected chi connectivity index (χ3v) is 5.52. The van der Waals surface area contributed by atoms with Gasteiger partial charge in [-0.25, -0.2) is 0 Å². The number of benzene rings is 1. The lowest BCUT2D eigenvalue weighted by atomic mass is 10.1. The van der Waals surface area contributed by atoms with Crippen LogP contribution in [0.1, 0.15) is 12.5 Å². The maximum absolute atomic E-state index is 11.6. The molecule has 2 heteroatoms. The Morgan fingerprint density at radius 1 is 1.20 bits per heavy atom. The quantitative estimate of drug-likeness (QED) is 0.709. The molecule has 0 aliphatic heterocycles. The Kier molecular flexibility index (Phi) is 3.86. The molecule has 0 radical (unpaired) electrons.